The quantitative estimate of drug-likeness (QED) is 0.659. The van der Waals surface area contributed by atoms with Crippen molar-refractivity contribution in [3.63, 3.8) is 0 Å². The highest BCUT2D eigenvalue weighted by Gasteiger charge is 2.26. The molecule has 0 spiro atoms. The summed E-state index contributed by atoms with van der Waals surface area (Å²) < 4.78 is 0. The molecular weight excluding hydrogens is 166 g/mol. The van der Waals surface area contributed by atoms with E-state index >= 15 is 0 Å². The van der Waals surface area contributed by atoms with E-state index in [1.807, 2.05) is 6.92 Å². The fraction of sp³-hybridized carbons (Fsp3) is 0.800. The third-order valence-corrected chi connectivity index (χ3v) is 2.58. The zero-order valence-electron chi connectivity index (χ0n) is 8.38. The molecule has 1 aliphatic rings. The lowest BCUT2D eigenvalue weighted by molar-refractivity contribution is -0.136. The van der Waals surface area contributed by atoms with Gasteiger partial charge in [-0.2, -0.15) is 0 Å². The van der Waals surface area contributed by atoms with E-state index in [4.69, 9.17) is 0 Å². The van der Waals surface area contributed by atoms with Crippen molar-refractivity contribution in [1.29, 1.82) is 0 Å². The molecular formula is C10H17NO2. The van der Waals surface area contributed by atoms with Crippen molar-refractivity contribution in [3.05, 3.63) is 0 Å². The molecule has 1 rings (SSSR count). The van der Waals surface area contributed by atoms with Gasteiger partial charge in [0, 0.05) is 32.4 Å². The number of hydrogen-bond donors (Lipinski definition) is 0. The Labute approximate surface area is 79.1 Å². The van der Waals surface area contributed by atoms with Crippen LogP contribution in [0.4, 0.5) is 0 Å². The number of hydrogen-bond acceptors (Lipinski definition) is 2. The Morgan fingerprint density at radius 2 is 2.31 bits per heavy atom. The molecule has 0 aromatic rings. The second-order valence-corrected chi connectivity index (χ2v) is 3.73. The van der Waals surface area contributed by atoms with Crippen molar-refractivity contribution in [3.8, 4) is 0 Å². The van der Waals surface area contributed by atoms with Crippen LogP contribution in [-0.2, 0) is 9.59 Å². The molecule has 1 heterocycles. The van der Waals surface area contributed by atoms with Crippen molar-refractivity contribution >= 4 is 11.7 Å². The van der Waals surface area contributed by atoms with Crippen LogP contribution in [0.1, 0.15) is 32.6 Å². The van der Waals surface area contributed by atoms with Crippen LogP contribution in [0.2, 0.25) is 0 Å². The zero-order valence-corrected chi connectivity index (χ0v) is 8.38. The molecule has 1 atom stereocenters. The molecule has 1 unspecified atom stereocenters. The number of rotatable bonds is 3. The summed E-state index contributed by atoms with van der Waals surface area (Å²) in [4.78, 5) is 24.3. The summed E-state index contributed by atoms with van der Waals surface area (Å²) in [5.41, 5.74) is 0. The van der Waals surface area contributed by atoms with E-state index in [0.717, 1.165) is 12.8 Å². The van der Waals surface area contributed by atoms with Gasteiger partial charge in [-0.3, -0.25) is 9.59 Å². The lowest BCUT2D eigenvalue weighted by Crippen LogP contribution is -2.39. The van der Waals surface area contributed by atoms with Crippen molar-refractivity contribution in [2.75, 3.05) is 13.6 Å². The SMILES string of the molecule is CCCC(=O)C1CCC(=O)N(C)C1. The van der Waals surface area contributed by atoms with E-state index in [-0.39, 0.29) is 11.8 Å². The molecule has 1 amide bonds. The molecule has 0 aromatic heterocycles. The Hall–Kier alpha value is -0.860. The summed E-state index contributed by atoms with van der Waals surface area (Å²) in [7, 11) is 1.77. The summed E-state index contributed by atoms with van der Waals surface area (Å²) >= 11 is 0. The molecule has 0 aromatic carbocycles. The Balaban J connectivity index is 2.45. The fourth-order valence-electron chi connectivity index (χ4n) is 1.73. The first-order valence-corrected chi connectivity index (χ1v) is 4.91. The summed E-state index contributed by atoms with van der Waals surface area (Å²) in [5, 5.41) is 0. The van der Waals surface area contributed by atoms with E-state index in [1.165, 1.54) is 0 Å². The number of carbonyl (C=O) groups is 2. The van der Waals surface area contributed by atoms with Crippen LogP contribution in [-0.4, -0.2) is 30.2 Å². The van der Waals surface area contributed by atoms with Gasteiger partial charge in [0.15, 0.2) is 0 Å². The second kappa shape index (κ2) is 4.40. The molecule has 3 nitrogen and oxygen atoms in total. The van der Waals surface area contributed by atoms with Crippen molar-refractivity contribution < 1.29 is 9.59 Å². The first-order chi connectivity index (χ1) is 6.15. The van der Waals surface area contributed by atoms with Gasteiger partial charge in [-0.15, -0.1) is 0 Å². The van der Waals surface area contributed by atoms with E-state index in [9.17, 15) is 9.59 Å². The van der Waals surface area contributed by atoms with Crippen molar-refractivity contribution in [2.45, 2.75) is 32.6 Å². The highest BCUT2D eigenvalue weighted by Crippen LogP contribution is 2.18. The summed E-state index contributed by atoms with van der Waals surface area (Å²) in [6, 6.07) is 0. The van der Waals surface area contributed by atoms with E-state index < -0.39 is 0 Å². The monoisotopic (exact) mass is 183 g/mol. The zero-order chi connectivity index (χ0) is 9.84. The molecule has 0 bridgehead atoms. The van der Waals surface area contributed by atoms with Crippen LogP contribution in [0.15, 0.2) is 0 Å². The Morgan fingerprint density at radius 1 is 1.62 bits per heavy atom. The highest BCUT2D eigenvalue weighted by atomic mass is 16.2. The summed E-state index contributed by atoms with van der Waals surface area (Å²) in [5.74, 6) is 0.588. The maximum absolute atomic E-state index is 11.5. The van der Waals surface area contributed by atoms with E-state index in [0.29, 0.717) is 25.2 Å². The number of nitrogens with zero attached hydrogens (tertiary/aromatic N) is 1. The van der Waals surface area contributed by atoms with Gasteiger partial charge in [-0.25, -0.2) is 0 Å². The molecule has 0 radical (unpaired) electrons. The first-order valence-electron chi connectivity index (χ1n) is 4.91. The minimum Gasteiger partial charge on any atom is -0.345 e. The average Bonchev–Trinajstić information content (AvgIpc) is 2.10. The van der Waals surface area contributed by atoms with Crippen LogP contribution in [0.5, 0.6) is 0 Å². The van der Waals surface area contributed by atoms with Gasteiger partial charge in [-0.1, -0.05) is 6.92 Å². The molecule has 1 saturated heterocycles. The topological polar surface area (TPSA) is 37.4 Å². The lowest BCUT2D eigenvalue weighted by atomic mass is 9.91. The normalized spacial score (nSPS) is 23.4. The lowest BCUT2D eigenvalue weighted by Gasteiger charge is -2.28. The minimum absolute atomic E-state index is 0.0997. The molecule has 74 valence electrons. The Morgan fingerprint density at radius 3 is 2.85 bits per heavy atom. The van der Waals surface area contributed by atoms with E-state index in [1.54, 1.807) is 11.9 Å². The number of Topliss-reactive ketones (excluding diaryl/α,β-unsaturated/α-hetero) is 1. The first kappa shape index (κ1) is 10.2. The predicted octanol–water partition coefficient (Wildman–Crippen LogP) is 1.22. The largest absolute Gasteiger partial charge is 0.345 e. The van der Waals surface area contributed by atoms with Crippen LogP contribution in [0.25, 0.3) is 0 Å². The summed E-state index contributed by atoms with van der Waals surface area (Å²) in [6.45, 7) is 2.63. The number of piperidine rings is 1. The second-order valence-electron chi connectivity index (χ2n) is 3.73. The van der Waals surface area contributed by atoms with Gasteiger partial charge in [0.1, 0.15) is 5.78 Å². The van der Waals surface area contributed by atoms with Gasteiger partial charge in [0.25, 0.3) is 0 Å². The summed E-state index contributed by atoms with van der Waals surface area (Å²) in [6.07, 6.45) is 2.86. The highest BCUT2D eigenvalue weighted by molar-refractivity contribution is 5.85. The molecule has 0 N–H and O–H groups in total. The molecule has 0 saturated carbocycles. The number of ketones is 1. The van der Waals surface area contributed by atoms with Crippen LogP contribution < -0.4 is 0 Å². The predicted molar refractivity (Wildman–Crippen MR) is 50.3 cm³/mol. The van der Waals surface area contributed by atoms with Gasteiger partial charge in [0.2, 0.25) is 5.91 Å². The molecule has 1 fully saturated rings. The standard InChI is InChI=1S/C10H17NO2/c1-3-4-9(12)8-5-6-10(13)11(2)7-8/h8H,3-7H2,1-2H3. The van der Waals surface area contributed by atoms with Gasteiger partial charge in [-0.05, 0) is 12.8 Å². The van der Waals surface area contributed by atoms with Crippen molar-refractivity contribution in [2.24, 2.45) is 5.92 Å². The number of likely N-dealkylation sites (tertiary alicyclic amines) is 1. The number of amides is 1. The Kier molecular flexibility index (Phi) is 3.46. The van der Waals surface area contributed by atoms with Crippen molar-refractivity contribution in [1.82, 2.24) is 4.90 Å². The van der Waals surface area contributed by atoms with E-state index in [2.05, 4.69) is 0 Å². The van der Waals surface area contributed by atoms with Gasteiger partial charge < -0.3 is 4.90 Å². The molecule has 0 aliphatic carbocycles. The maximum Gasteiger partial charge on any atom is 0.222 e. The van der Waals surface area contributed by atoms with Crippen LogP contribution in [0.3, 0.4) is 0 Å². The number of carbonyl (C=O) groups excluding carboxylic acids is 2. The van der Waals surface area contributed by atoms with Gasteiger partial charge >= 0.3 is 0 Å². The third-order valence-electron chi connectivity index (χ3n) is 2.58. The maximum atomic E-state index is 11.5. The Bertz CT molecular complexity index is 213. The molecule has 13 heavy (non-hydrogen) atoms. The minimum atomic E-state index is 0.0997. The molecule has 3 heteroatoms. The smallest absolute Gasteiger partial charge is 0.222 e. The fourth-order valence-corrected chi connectivity index (χ4v) is 1.73. The third kappa shape index (κ3) is 2.54. The van der Waals surface area contributed by atoms with Crippen LogP contribution in [0, 0.1) is 5.92 Å². The van der Waals surface area contributed by atoms with Gasteiger partial charge in [0.05, 0.1) is 0 Å². The van der Waals surface area contributed by atoms with Crippen LogP contribution >= 0.6 is 0 Å². The molecule has 1 aliphatic heterocycles. The average molecular weight is 183 g/mol.